The molecule has 32 heavy (non-hydrogen) atoms. The Balaban J connectivity index is 2.23. The third kappa shape index (κ3) is 6.58. The second-order valence-corrected chi connectivity index (χ2v) is 8.97. The molecule has 1 heterocycles. The predicted octanol–water partition coefficient (Wildman–Crippen LogP) is 2.34. The van der Waals surface area contributed by atoms with Gasteiger partial charge in [0.25, 0.3) is 0 Å². The van der Waals surface area contributed by atoms with Gasteiger partial charge in [-0.15, -0.1) is 0 Å². The van der Waals surface area contributed by atoms with Crippen LogP contribution in [0, 0.1) is 17.0 Å². The Bertz CT molecular complexity index is 1050. The molecular weight excluding hydrogens is 442 g/mol. The van der Waals surface area contributed by atoms with Crippen molar-refractivity contribution in [3.8, 4) is 0 Å². The SMILES string of the molecule is CCCS(=O)(=O)Nc1ccc(F)c(N(N)CC(=N)c2cncc(N(C)CCOC)c2)c1F. The Morgan fingerprint density at radius 1 is 1.31 bits per heavy atom. The van der Waals surface area contributed by atoms with Gasteiger partial charge in [0.15, 0.2) is 11.6 Å². The number of pyridine rings is 1. The van der Waals surface area contributed by atoms with Gasteiger partial charge in [-0.25, -0.2) is 23.0 Å². The highest BCUT2D eigenvalue weighted by Gasteiger charge is 2.22. The second-order valence-electron chi connectivity index (χ2n) is 7.13. The number of halogens is 2. The van der Waals surface area contributed by atoms with Gasteiger partial charge in [-0.05, 0) is 24.6 Å². The van der Waals surface area contributed by atoms with Crippen LogP contribution in [0.15, 0.2) is 30.6 Å². The lowest BCUT2D eigenvalue weighted by Gasteiger charge is -2.23. The summed E-state index contributed by atoms with van der Waals surface area (Å²) in [6.45, 7) is 2.44. The summed E-state index contributed by atoms with van der Waals surface area (Å²) in [5.41, 5.74) is 0.0613. The summed E-state index contributed by atoms with van der Waals surface area (Å²) in [7, 11) is -0.349. The van der Waals surface area contributed by atoms with Crippen molar-refractivity contribution in [3.63, 3.8) is 0 Å². The molecule has 0 bridgehead atoms. The first-order valence-corrected chi connectivity index (χ1v) is 11.5. The van der Waals surface area contributed by atoms with Gasteiger partial charge in [-0.3, -0.25) is 14.7 Å². The molecule has 0 aliphatic rings. The number of likely N-dealkylation sites (N-methyl/N-ethyl adjacent to an activating group) is 1. The molecule has 0 atom stereocenters. The fraction of sp³-hybridized carbons (Fsp3) is 0.400. The molecule has 0 unspecified atom stereocenters. The molecule has 1 aromatic carbocycles. The molecule has 0 saturated heterocycles. The molecule has 9 nitrogen and oxygen atoms in total. The molecular formula is C20H28F2N6O3S. The van der Waals surface area contributed by atoms with Crippen LogP contribution in [0.3, 0.4) is 0 Å². The zero-order chi connectivity index (χ0) is 23.9. The number of ether oxygens (including phenoxy) is 1. The molecule has 4 N–H and O–H groups in total. The standard InChI is InChI=1S/C20H28F2N6O3S/c1-4-9-32(29,30)26-18-6-5-16(21)20(19(18)22)28(24)13-17(23)14-10-15(12-25-11-14)27(2)7-8-31-3/h5-6,10-12,23,26H,4,7-9,13,24H2,1-3H3. The number of aromatic nitrogens is 1. The number of nitrogens with zero attached hydrogens (tertiary/aromatic N) is 3. The van der Waals surface area contributed by atoms with Crippen LogP contribution in [-0.2, 0) is 14.8 Å². The van der Waals surface area contributed by atoms with Crippen LogP contribution >= 0.6 is 0 Å². The van der Waals surface area contributed by atoms with Crippen LogP contribution in [0.1, 0.15) is 18.9 Å². The van der Waals surface area contributed by atoms with Crippen LogP contribution < -0.4 is 20.5 Å². The van der Waals surface area contributed by atoms with Crippen LogP contribution in [0.25, 0.3) is 0 Å². The van der Waals surface area contributed by atoms with Gasteiger partial charge in [0, 0.05) is 32.5 Å². The highest BCUT2D eigenvalue weighted by molar-refractivity contribution is 7.92. The van der Waals surface area contributed by atoms with Crippen molar-refractivity contribution in [1.29, 1.82) is 5.41 Å². The Morgan fingerprint density at radius 3 is 2.69 bits per heavy atom. The maximum atomic E-state index is 14.9. The molecule has 0 saturated carbocycles. The van der Waals surface area contributed by atoms with Crippen molar-refractivity contribution in [2.24, 2.45) is 5.84 Å². The van der Waals surface area contributed by atoms with E-state index in [1.807, 2.05) is 11.9 Å². The average molecular weight is 471 g/mol. The number of nitrogens with two attached hydrogens (primary N) is 1. The highest BCUT2D eigenvalue weighted by atomic mass is 32.2. The maximum absolute atomic E-state index is 14.9. The quantitative estimate of drug-likeness (QED) is 0.247. The van der Waals surface area contributed by atoms with Gasteiger partial charge in [-0.1, -0.05) is 6.92 Å². The monoisotopic (exact) mass is 470 g/mol. The van der Waals surface area contributed by atoms with Crippen molar-refractivity contribution >= 4 is 32.8 Å². The number of hydrogen-bond donors (Lipinski definition) is 3. The summed E-state index contributed by atoms with van der Waals surface area (Å²) < 4.78 is 60.3. The number of rotatable bonds is 12. The van der Waals surface area contributed by atoms with E-state index in [0.717, 1.165) is 22.8 Å². The molecule has 0 aliphatic heterocycles. The minimum absolute atomic E-state index is 0.0299. The minimum atomic E-state index is -3.78. The number of methoxy groups -OCH3 is 1. The summed E-state index contributed by atoms with van der Waals surface area (Å²) in [6.07, 6.45) is 3.41. The van der Waals surface area contributed by atoms with E-state index < -0.39 is 33.0 Å². The van der Waals surface area contributed by atoms with Gasteiger partial charge in [0.2, 0.25) is 10.0 Å². The van der Waals surface area contributed by atoms with Crippen molar-refractivity contribution in [2.45, 2.75) is 13.3 Å². The lowest BCUT2D eigenvalue weighted by atomic mass is 10.1. The molecule has 0 amide bonds. The Morgan fingerprint density at radius 2 is 2.03 bits per heavy atom. The third-order valence-corrected chi connectivity index (χ3v) is 6.04. The smallest absolute Gasteiger partial charge is 0.232 e. The number of sulfonamides is 1. The molecule has 0 aliphatic carbocycles. The molecule has 0 spiro atoms. The molecule has 2 aromatic rings. The Hall–Kier alpha value is -2.83. The first-order chi connectivity index (χ1) is 15.1. The summed E-state index contributed by atoms with van der Waals surface area (Å²) in [5, 5.41) is 9.05. The molecule has 0 fully saturated rings. The zero-order valence-corrected chi connectivity index (χ0v) is 19.0. The zero-order valence-electron chi connectivity index (χ0n) is 18.2. The minimum Gasteiger partial charge on any atom is -0.383 e. The van der Waals surface area contributed by atoms with Crippen molar-refractivity contribution < 1.29 is 21.9 Å². The van der Waals surface area contributed by atoms with E-state index in [0.29, 0.717) is 25.1 Å². The van der Waals surface area contributed by atoms with Gasteiger partial charge in [0.05, 0.1) is 42.2 Å². The van der Waals surface area contributed by atoms with E-state index in [-0.39, 0.29) is 18.0 Å². The maximum Gasteiger partial charge on any atom is 0.232 e. The normalized spacial score (nSPS) is 11.3. The lowest BCUT2D eigenvalue weighted by Crippen LogP contribution is -2.38. The van der Waals surface area contributed by atoms with Gasteiger partial charge in [-0.2, -0.15) is 0 Å². The summed E-state index contributed by atoms with van der Waals surface area (Å²) in [4.78, 5) is 6.00. The van der Waals surface area contributed by atoms with E-state index in [1.165, 1.54) is 6.20 Å². The van der Waals surface area contributed by atoms with E-state index >= 15 is 0 Å². The average Bonchev–Trinajstić information content (AvgIpc) is 2.74. The lowest BCUT2D eigenvalue weighted by molar-refractivity contribution is 0.206. The number of hydrazine groups is 1. The van der Waals surface area contributed by atoms with Crippen LogP contribution in [0.4, 0.5) is 25.8 Å². The van der Waals surface area contributed by atoms with Crippen molar-refractivity contribution in [3.05, 3.63) is 47.8 Å². The van der Waals surface area contributed by atoms with Gasteiger partial charge < -0.3 is 15.0 Å². The molecule has 1 aromatic heterocycles. The molecule has 2 rings (SSSR count). The van der Waals surface area contributed by atoms with Crippen molar-refractivity contribution in [1.82, 2.24) is 4.98 Å². The molecule has 176 valence electrons. The summed E-state index contributed by atoms with van der Waals surface area (Å²) in [6, 6.07) is 3.61. The van der Waals surface area contributed by atoms with Crippen LogP contribution in [0.2, 0.25) is 0 Å². The molecule has 12 heteroatoms. The van der Waals surface area contributed by atoms with Gasteiger partial charge >= 0.3 is 0 Å². The predicted molar refractivity (Wildman–Crippen MR) is 122 cm³/mol. The summed E-state index contributed by atoms with van der Waals surface area (Å²) >= 11 is 0. The fourth-order valence-corrected chi connectivity index (χ4v) is 4.00. The number of anilines is 3. The second kappa shape index (κ2) is 11.2. The Kier molecular flexibility index (Phi) is 8.87. The fourth-order valence-electron chi connectivity index (χ4n) is 2.87. The highest BCUT2D eigenvalue weighted by Crippen LogP contribution is 2.29. The first kappa shape index (κ1) is 25.4. The van der Waals surface area contributed by atoms with E-state index in [9.17, 15) is 17.2 Å². The molecule has 0 radical (unpaired) electrons. The Labute approximate surface area is 186 Å². The third-order valence-electron chi connectivity index (χ3n) is 4.56. The van der Waals surface area contributed by atoms with E-state index in [1.54, 1.807) is 26.3 Å². The topological polar surface area (TPSA) is 125 Å². The number of benzene rings is 1. The largest absolute Gasteiger partial charge is 0.383 e. The van der Waals surface area contributed by atoms with E-state index in [2.05, 4.69) is 9.71 Å². The van der Waals surface area contributed by atoms with Gasteiger partial charge in [0.1, 0.15) is 5.69 Å². The summed E-state index contributed by atoms with van der Waals surface area (Å²) in [5.74, 6) is 3.52. The number of nitrogens with one attached hydrogen (secondary N) is 2. The number of hydrogen-bond acceptors (Lipinski definition) is 8. The van der Waals surface area contributed by atoms with E-state index in [4.69, 9.17) is 16.0 Å². The first-order valence-electron chi connectivity index (χ1n) is 9.83. The van der Waals surface area contributed by atoms with Crippen LogP contribution in [0.5, 0.6) is 0 Å². The van der Waals surface area contributed by atoms with Crippen molar-refractivity contribution in [2.75, 3.05) is 54.2 Å². The van der Waals surface area contributed by atoms with Crippen LogP contribution in [-0.4, -0.2) is 58.7 Å².